The van der Waals surface area contributed by atoms with Crippen LogP contribution in [0.5, 0.6) is 23.0 Å². The van der Waals surface area contributed by atoms with Crippen molar-refractivity contribution in [1.29, 1.82) is 0 Å². The minimum atomic E-state index is -0.137. The van der Waals surface area contributed by atoms with Gasteiger partial charge < -0.3 is 18.9 Å². The van der Waals surface area contributed by atoms with E-state index in [4.69, 9.17) is 18.9 Å². The molecule has 0 saturated carbocycles. The third-order valence-electron chi connectivity index (χ3n) is 5.38. The highest BCUT2D eigenvalue weighted by atomic mass is 16.5. The molecule has 0 fully saturated rings. The van der Waals surface area contributed by atoms with Crippen LogP contribution in [0.25, 0.3) is 0 Å². The van der Waals surface area contributed by atoms with Gasteiger partial charge in [-0.1, -0.05) is 25.7 Å². The average Bonchev–Trinajstić information content (AvgIpc) is 2.85. The summed E-state index contributed by atoms with van der Waals surface area (Å²) in [5.74, 6) is 8.60. The Hall–Kier alpha value is -3.13. The minimum Gasteiger partial charge on any atom is -0.496 e. The molecule has 2 aromatic rings. The highest BCUT2D eigenvalue weighted by Crippen LogP contribution is 2.35. The zero-order valence-corrected chi connectivity index (χ0v) is 20.4. The summed E-state index contributed by atoms with van der Waals surface area (Å²) < 4.78 is 22.2. The molecule has 0 aliphatic heterocycles. The molecule has 0 bridgehead atoms. The lowest BCUT2D eigenvalue weighted by atomic mass is 10.0. The average molecular weight is 453 g/mol. The van der Waals surface area contributed by atoms with Crippen LogP contribution in [-0.2, 0) is 6.42 Å². The third-order valence-corrected chi connectivity index (χ3v) is 5.38. The molecule has 5 heteroatoms. The fourth-order valence-corrected chi connectivity index (χ4v) is 3.48. The first-order valence-electron chi connectivity index (χ1n) is 11.7. The maximum Gasteiger partial charge on any atom is 0.235 e. The standard InChI is InChI=1S/C28H36O5/c1-5-6-7-8-11-14-26(29)22-15-17-23(18-16-22)33-19-12-9-10-13-25-27(31-3)20-24(30-2)21-28(25)32-4/h15-18,20-21H,5-10,12-13,19H2,1-4H3. The van der Waals surface area contributed by atoms with Crippen LogP contribution >= 0.6 is 0 Å². The Morgan fingerprint density at radius 3 is 2.12 bits per heavy atom. The van der Waals surface area contributed by atoms with Crippen LogP contribution in [0, 0.1) is 11.8 Å². The fourth-order valence-electron chi connectivity index (χ4n) is 3.48. The molecule has 0 aromatic heterocycles. The summed E-state index contributed by atoms with van der Waals surface area (Å²) in [5, 5.41) is 0. The summed E-state index contributed by atoms with van der Waals surface area (Å²) in [6, 6.07) is 11.0. The van der Waals surface area contributed by atoms with Gasteiger partial charge in [0.05, 0.1) is 27.9 Å². The molecule has 0 N–H and O–H groups in total. The van der Waals surface area contributed by atoms with Gasteiger partial charge in [0.15, 0.2) is 0 Å². The van der Waals surface area contributed by atoms with Crippen molar-refractivity contribution in [3.8, 4) is 34.8 Å². The van der Waals surface area contributed by atoms with E-state index >= 15 is 0 Å². The first kappa shape index (κ1) is 26.1. The van der Waals surface area contributed by atoms with E-state index in [-0.39, 0.29) is 5.78 Å². The molecule has 33 heavy (non-hydrogen) atoms. The number of rotatable bonds is 14. The normalized spacial score (nSPS) is 10.2. The molecule has 178 valence electrons. The van der Waals surface area contributed by atoms with E-state index < -0.39 is 0 Å². The van der Waals surface area contributed by atoms with Crippen molar-refractivity contribution in [2.24, 2.45) is 0 Å². The number of carbonyl (C=O) groups excluding carboxylic acids is 1. The van der Waals surface area contributed by atoms with Crippen molar-refractivity contribution in [3.05, 3.63) is 47.5 Å². The number of ketones is 1. The summed E-state index contributed by atoms with van der Waals surface area (Å²) in [5.41, 5.74) is 1.66. The van der Waals surface area contributed by atoms with Crippen molar-refractivity contribution in [2.75, 3.05) is 27.9 Å². The molecule has 0 atom stereocenters. The Kier molecular flexibility index (Phi) is 11.7. The van der Waals surface area contributed by atoms with E-state index in [9.17, 15) is 4.79 Å². The second kappa shape index (κ2) is 14.8. The van der Waals surface area contributed by atoms with Crippen molar-refractivity contribution < 1.29 is 23.7 Å². The van der Waals surface area contributed by atoms with Crippen molar-refractivity contribution in [3.63, 3.8) is 0 Å². The number of unbranched alkanes of at least 4 members (excludes halogenated alkanes) is 5. The van der Waals surface area contributed by atoms with Crippen LogP contribution in [-0.4, -0.2) is 33.7 Å². The Morgan fingerprint density at radius 1 is 0.818 bits per heavy atom. The summed E-state index contributed by atoms with van der Waals surface area (Å²) in [6.45, 7) is 2.78. The van der Waals surface area contributed by atoms with E-state index in [0.717, 1.165) is 74.2 Å². The second-order valence-electron chi connectivity index (χ2n) is 7.78. The molecule has 0 spiro atoms. The molecule has 0 heterocycles. The third kappa shape index (κ3) is 8.73. The van der Waals surface area contributed by atoms with Crippen LogP contribution in [0.4, 0.5) is 0 Å². The lowest BCUT2D eigenvalue weighted by molar-refractivity contribution is 0.105. The maximum atomic E-state index is 12.1. The summed E-state index contributed by atoms with van der Waals surface area (Å²) in [4.78, 5) is 12.1. The van der Waals surface area contributed by atoms with Gasteiger partial charge in [0, 0.05) is 29.7 Å². The lowest BCUT2D eigenvalue weighted by Gasteiger charge is -2.15. The van der Waals surface area contributed by atoms with E-state index in [2.05, 4.69) is 18.8 Å². The predicted molar refractivity (Wildman–Crippen MR) is 132 cm³/mol. The quantitative estimate of drug-likeness (QED) is 0.146. The Morgan fingerprint density at radius 2 is 1.52 bits per heavy atom. The lowest BCUT2D eigenvalue weighted by Crippen LogP contribution is -2.01. The van der Waals surface area contributed by atoms with E-state index in [1.165, 1.54) is 0 Å². The molecule has 0 amide bonds. The molecule has 2 aromatic carbocycles. The topological polar surface area (TPSA) is 54.0 Å². The molecule has 0 aliphatic carbocycles. The molecule has 2 rings (SSSR count). The largest absolute Gasteiger partial charge is 0.496 e. The summed E-state index contributed by atoms with van der Waals surface area (Å²) >= 11 is 0. The van der Waals surface area contributed by atoms with Gasteiger partial charge in [-0.2, -0.15) is 0 Å². The van der Waals surface area contributed by atoms with Gasteiger partial charge in [-0.15, -0.1) is 0 Å². The van der Waals surface area contributed by atoms with Gasteiger partial charge in [-0.05, 0) is 62.3 Å². The molecule has 5 nitrogen and oxygen atoms in total. The number of methoxy groups -OCH3 is 3. The van der Waals surface area contributed by atoms with Gasteiger partial charge in [0.2, 0.25) is 5.78 Å². The van der Waals surface area contributed by atoms with Gasteiger partial charge in [0.25, 0.3) is 0 Å². The SMILES string of the molecule is CCCCCC#CC(=O)c1ccc(OCCCCCc2c(OC)cc(OC)cc2OC)cc1. The number of hydrogen-bond acceptors (Lipinski definition) is 5. The summed E-state index contributed by atoms with van der Waals surface area (Å²) in [7, 11) is 4.94. The highest BCUT2D eigenvalue weighted by molar-refractivity contribution is 6.09. The van der Waals surface area contributed by atoms with Crippen LogP contribution in [0.1, 0.15) is 67.8 Å². The first-order valence-corrected chi connectivity index (χ1v) is 11.7. The molecular weight excluding hydrogens is 416 g/mol. The minimum absolute atomic E-state index is 0.137. The number of ether oxygens (including phenoxy) is 4. The zero-order chi connectivity index (χ0) is 23.9. The number of Topliss-reactive ketones (excluding diaryl/α,β-unsaturated/α-hetero) is 1. The molecular formula is C28H36O5. The first-order chi connectivity index (χ1) is 16.1. The van der Waals surface area contributed by atoms with Crippen molar-refractivity contribution in [2.45, 2.75) is 58.3 Å². The van der Waals surface area contributed by atoms with E-state index in [0.29, 0.717) is 17.9 Å². The molecule has 0 radical (unpaired) electrons. The second-order valence-corrected chi connectivity index (χ2v) is 7.78. The predicted octanol–water partition coefficient (Wildman–Crippen LogP) is 6.27. The smallest absolute Gasteiger partial charge is 0.235 e. The monoisotopic (exact) mass is 452 g/mol. The Balaban J connectivity index is 1.74. The van der Waals surface area contributed by atoms with Gasteiger partial charge >= 0.3 is 0 Å². The Labute approximate surface area is 198 Å². The van der Waals surface area contributed by atoms with Crippen molar-refractivity contribution in [1.82, 2.24) is 0 Å². The van der Waals surface area contributed by atoms with E-state index in [1.807, 2.05) is 24.3 Å². The molecule has 0 unspecified atom stereocenters. The molecule has 0 aliphatic rings. The Bertz CT molecular complexity index is 897. The number of hydrogen-bond donors (Lipinski definition) is 0. The zero-order valence-electron chi connectivity index (χ0n) is 20.4. The van der Waals surface area contributed by atoms with Crippen LogP contribution in [0.3, 0.4) is 0 Å². The fraction of sp³-hybridized carbons (Fsp3) is 0.464. The van der Waals surface area contributed by atoms with Gasteiger partial charge in [-0.3, -0.25) is 4.79 Å². The van der Waals surface area contributed by atoms with Crippen LogP contribution < -0.4 is 18.9 Å². The van der Waals surface area contributed by atoms with Gasteiger partial charge in [0.1, 0.15) is 23.0 Å². The van der Waals surface area contributed by atoms with Crippen molar-refractivity contribution >= 4 is 5.78 Å². The summed E-state index contributed by atoms with van der Waals surface area (Å²) in [6.07, 6.45) is 7.93. The molecule has 0 saturated heterocycles. The maximum absolute atomic E-state index is 12.1. The highest BCUT2D eigenvalue weighted by Gasteiger charge is 2.13. The van der Waals surface area contributed by atoms with Crippen LogP contribution in [0.15, 0.2) is 36.4 Å². The van der Waals surface area contributed by atoms with Crippen LogP contribution in [0.2, 0.25) is 0 Å². The number of benzene rings is 2. The number of carbonyl (C=O) groups is 1. The van der Waals surface area contributed by atoms with E-state index in [1.54, 1.807) is 33.5 Å². The van der Waals surface area contributed by atoms with Gasteiger partial charge in [-0.25, -0.2) is 0 Å².